The van der Waals surface area contributed by atoms with E-state index in [0.717, 1.165) is 28.1 Å². The second kappa shape index (κ2) is 3.19. The van der Waals surface area contributed by atoms with Crippen molar-refractivity contribution in [1.29, 1.82) is 0 Å². The molecule has 1 rings (SSSR count). The Morgan fingerprint density at radius 3 is 1.57 bits per heavy atom. The van der Waals surface area contributed by atoms with Crippen LogP contribution in [-0.2, 0) is 5.41 Å². The van der Waals surface area contributed by atoms with Crippen LogP contribution in [0.2, 0.25) is 0 Å². The predicted molar refractivity (Wildman–Crippen MR) is 63.4 cm³/mol. The largest absolute Gasteiger partial charge is 0.398 e. The molecule has 0 atom stereocenters. The molecule has 0 spiro atoms. The molecule has 2 nitrogen and oxygen atoms in total. The average Bonchev–Trinajstić information content (AvgIpc) is 1.98. The molecule has 0 fully saturated rings. The SMILES string of the molecule is Cc1cc(C)c(N)c(C(C)(C)C)c1N. The first kappa shape index (κ1) is 10.9. The van der Waals surface area contributed by atoms with Crippen LogP contribution in [0.15, 0.2) is 6.07 Å². The second-order valence-electron chi connectivity index (χ2n) is 4.96. The predicted octanol–water partition coefficient (Wildman–Crippen LogP) is 2.77. The molecule has 14 heavy (non-hydrogen) atoms. The van der Waals surface area contributed by atoms with Crippen LogP contribution in [0.4, 0.5) is 11.4 Å². The zero-order valence-electron chi connectivity index (χ0n) is 9.73. The third-order valence-electron chi connectivity index (χ3n) is 2.57. The zero-order valence-corrected chi connectivity index (χ0v) is 9.73. The van der Waals surface area contributed by atoms with Crippen LogP contribution in [0.3, 0.4) is 0 Å². The summed E-state index contributed by atoms with van der Waals surface area (Å²) >= 11 is 0. The number of nitrogens with two attached hydrogens (primary N) is 2. The summed E-state index contributed by atoms with van der Waals surface area (Å²) < 4.78 is 0. The molecule has 4 N–H and O–H groups in total. The molecule has 0 heterocycles. The van der Waals surface area contributed by atoms with Crippen LogP contribution < -0.4 is 11.5 Å². The smallest absolute Gasteiger partial charge is 0.0402 e. The van der Waals surface area contributed by atoms with Gasteiger partial charge in [0.1, 0.15) is 0 Å². The van der Waals surface area contributed by atoms with Crippen LogP contribution in [0.1, 0.15) is 37.5 Å². The molecule has 78 valence electrons. The second-order valence-corrected chi connectivity index (χ2v) is 4.96. The summed E-state index contributed by atoms with van der Waals surface area (Å²) in [4.78, 5) is 0. The van der Waals surface area contributed by atoms with Gasteiger partial charge in [0.05, 0.1) is 0 Å². The maximum Gasteiger partial charge on any atom is 0.0402 e. The molecule has 0 amide bonds. The van der Waals surface area contributed by atoms with Crippen molar-refractivity contribution in [3.63, 3.8) is 0 Å². The number of benzene rings is 1. The van der Waals surface area contributed by atoms with Crippen molar-refractivity contribution < 1.29 is 0 Å². The van der Waals surface area contributed by atoms with E-state index in [2.05, 4.69) is 20.8 Å². The molecule has 0 saturated heterocycles. The number of hydrogen-bond acceptors (Lipinski definition) is 2. The Hall–Kier alpha value is -1.18. The van der Waals surface area contributed by atoms with E-state index in [9.17, 15) is 0 Å². The van der Waals surface area contributed by atoms with Crippen LogP contribution in [0.25, 0.3) is 0 Å². The lowest BCUT2D eigenvalue weighted by molar-refractivity contribution is 0.594. The van der Waals surface area contributed by atoms with Crippen molar-refractivity contribution in [2.75, 3.05) is 11.5 Å². The van der Waals surface area contributed by atoms with Crippen molar-refractivity contribution in [3.05, 3.63) is 22.8 Å². The van der Waals surface area contributed by atoms with E-state index in [-0.39, 0.29) is 5.41 Å². The molecule has 0 aliphatic heterocycles. The van der Waals surface area contributed by atoms with E-state index in [4.69, 9.17) is 11.5 Å². The fourth-order valence-electron chi connectivity index (χ4n) is 1.83. The number of rotatable bonds is 0. The Labute approximate surface area is 86.3 Å². The normalized spacial score (nSPS) is 11.8. The van der Waals surface area contributed by atoms with E-state index in [1.807, 2.05) is 19.9 Å². The lowest BCUT2D eigenvalue weighted by atomic mass is 9.82. The van der Waals surface area contributed by atoms with Crippen molar-refractivity contribution in [2.45, 2.75) is 40.0 Å². The Morgan fingerprint density at radius 1 is 0.929 bits per heavy atom. The molecule has 1 aromatic rings. The van der Waals surface area contributed by atoms with Crippen LogP contribution >= 0.6 is 0 Å². The monoisotopic (exact) mass is 192 g/mol. The van der Waals surface area contributed by atoms with Crippen LogP contribution in [-0.4, -0.2) is 0 Å². The number of nitrogen functional groups attached to an aromatic ring is 2. The highest BCUT2D eigenvalue weighted by atomic mass is 14.6. The molecule has 0 aliphatic carbocycles. The molecule has 0 unspecified atom stereocenters. The van der Waals surface area contributed by atoms with Gasteiger partial charge in [0.2, 0.25) is 0 Å². The lowest BCUT2D eigenvalue weighted by Gasteiger charge is -2.25. The molecule has 2 heteroatoms. The minimum atomic E-state index is 0.00491. The first-order valence-corrected chi connectivity index (χ1v) is 4.90. The lowest BCUT2D eigenvalue weighted by Crippen LogP contribution is -2.18. The van der Waals surface area contributed by atoms with Gasteiger partial charge in [-0.2, -0.15) is 0 Å². The maximum absolute atomic E-state index is 6.06. The van der Waals surface area contributed by atoms with Gasteiger partial charge in [0, 0.05) is 16.9 Å². The highest BCUT2D eigenvalue weighted by molar-refractivity contribution is 5.70. The highest BCUT2D eigenvalue weighted by Crippen LogP contribution is 2.36. The number of anilines is 2. The van der Waals surface area contributed by atoms with Gasteiger partial charge in [-0.3, -0.25) is 0 Å². The third-order valence-corrected chi connectivity index (χ3v) is 2.57. The maximum atomic E-state index is 6.06. The van der Waals surface area contributed by atoms with Gasteiger partial charge >= 0.3 is 0 Å². The first-order chi connectivity index (χ1) is 6.25. The Kier molecular flexibility index (Phi) is 2.49. The van der Waals surface area contributed by atoms with Gasteiger partial charge in [0.15, 0.2) is 0 Å². The van der Waals surface area contributed by atoms with Crippen LogP contribution in [0.5, 0.6) is 0 Å². The van der Waals surface area contributed by atoms with Gasteiger partial charge in [-0.25, -0.2) is 0 Å². The molecular formula is C12H20N2. The summed E-state index contributed by atoms with van der Waals surface area (Å²) in [7, 11) is 0. The molecule has 0 bridgehead atoms. The Morgan fingerprint density at radius 2 is 1.29 bits per heavy atom. The summed E-state index contributed by atoms with van der Waals surface area (Å²) in [5.74, 6) is 0. The van der Waals surface area contributed by atoms with E-state index < -0.39 is 0 Å². The molecular weight excluding hydrogens is 172 g/mol. The minimum absolute atomic E-state index is 0.00491. The van der Waals surface area contributed by atoms with Gasteiger partial charge in [-0.05, 0) is 30.4 Å². The standard InChI is InChI=1S/C12H20N2/c1-7-6-8(2)11(14)9(10(7)13)12(3,4)5/h6H,13-14H2,1-5H3. The van der Waals surface area contributed by atoms with Crippen molar-refractivity contribution in [3.8, 4) is 0 Å². The van der Waals surface area contributed by atoms with E-state index in [0.29, 0.717) is 0 Å². The Balaban J connectivity index is 3.56. The number of aryl methyl sites for hydroxylation is 2. The summed E-state index contributed by atoms with van der Waals surface area (Å²) in [6.45, 7) is 10.4. The minimum Gasteiger partial charge on any atom is -0.398 e. The zero-order chi connectivity index (χ0) is 11.1. The van der Waals surface area contributed by atoms with Gasteiger partial charge in [-0.15, -0.1) is 0 Å². The number of hydrogen-bond donors (Lipinski definition) is 2. The molecule has 0 aromatic heterocycles. The highest BCUT2D eigenvalue weighted by Gasteiger charge is 2.22. The quantitative estimate of drug-likeness (QED) is 0.621. The molecule has 0 saturated carbocycles. The molecule has 0 aliphatic rings. The van der Waals surface area contributed by atoms with Gasteiger partial charge in [0.25, 0.3) is 0 Å². The summed E-state index contributed by atoms with van der Waals surface area (Å²) in [5.41, 5.74) is 17.1. The van der Waals surface area contributed by atoms with Gasteiger partial charge < -0.3 is 11.5 Å². The van der Waals surface area contributed by atoms with Crippen molar-refractivity contribution in [1.82, 2.24) is 0 Å². The summed E-state index contributed by atoms with van der Waals surface area (Å²) in [6, 6.07) is 2.04. The summed E-state index contributed by atoms with van der Waals surface area (Å²) in [5, 5.41) is 0. The van der Waals surface area contributed by atoms with Crippen molar-refractivity contribution >= 4 is 11.4 Å². The first-order valence-electron chi connectivity index (χ1n) is 4.90. The van der Waals surface area contributed by atoms with Crippen molar-refractivity contribution in [2.24, 2.45) is 0 Å². The fraction of sp³-hybridized carbons (Fsp3) is 0.500. The van der Waals surface area contributed by atoms with E-state index in [1.165, 1.54) is 0 Å². The van der Waals surface area contributed by atoms with Gasteiger partial charge in [-0.1, -0.05) is 26.8 Å². The topological polar surface area (TPSA) is 52.0 Å². The van der Waals surface area contributed by atoms with E-state index >= 15 is 0 Å². The van der Waals surface area contributed by atoms with E-state index in [1.54, 1.807) is 0 Å². The Bertz CT molecular complexity index is 333. The van der Waals surface area contributed by atoms with Crippen LogP contribution in [0, 0.1) is 13.8 Å². The molecule has 0 radical (unpaired) electrons. The average molecular weight is 192 g/mol. The summed E-state index contributed by atoms with van der Waals surface area (Å²) in [6.07, 6.45) is 0. The molecule has 1 aromatic carbocycles. The fourth-order valence-corrected chi connectivity index (χ4v) is 1.83. The third kappa shape index (κ3) is 1.69.